The number of aliphatic hydroxyl groups is 1. The van der Waals surface area contributed by atoms with E-state index in [0.29, 0.717) is 0 Å². The third-order valence-electron chi connectivity index (χ3n) is 4.91. The monoisotopic (exact) mass is 350 g/mol. The van der Waals surface area contributed by atoms with Crippen molar-refractivity contribution in [2.75, 3.05) is 7.11 Å². The molecule has 26 heavy (non-hydrogen) atoms. The van der Waals surface area contributed by atoms with Crippen LogP contribution in [0.4, 0.5) is 0 Å². The molecule has 2 aromatic rings. The summed E-state index contributed by atoms with van der Waals surface area (Å²) < 4.78 is 5.20. The zero-order chi connectivity index (χ0) is 18.8. The van der Waals surface area contributed by atoms with Crippen LogP contribution in [0.25, 0.3) is 0 Å². The number of benzene rings is 2. The molecule has 1 atom stereocenters. The highest BCUT2D eigenvalue weighted by atomic mass is 16.5. The molecule has 0 heterocycles. The normalized spacial score (nSPS) is 21.2. The van der Waals surface area contributed by atoms with E-state index >= 15 is 0 Å². The molecular weight excluding hydrogens is 336 g/mol. The van der Waals surface area contributed by atoms with Crippen LogP contribution < -0.4 is 4.74 Å². The van der Waals surface area contributed by atoms with Crippen LogP contribution in [0.15, 0.2) is 30.3 Å². The highest BCUT2D eigenvalue weighted by Crippen LogP contribution is 2.39. The van der Waals surface area contributed by atoms with E-state index in [1.54, 1.807) is 12.1 Å². The number of ether oxygens (including phenoxy) is 1. The van der Waals surface area contributed by atoms with Gasteiger partial charge in [-0.2, -0.15) is 0 Å². The Labute approximate surface area is 148 Å². The first-order valence-electron chi connectivity index (χ1n) is 8.01. The van der Waals surface area contributed by atoms with Gasteiger partial charge in [0, 0.05) is 34.2 Å². The molecule has 0 saturated carbocycles. The minimum absolute atomic E-state index is 0.0301. The molecule has 6 nitrogen and oxygen atoms in total. The van der Waals surface area contributed by atoms with E-state index in [9.17, 15) is 24.3 Å². The number of carbonyl (C=O) groups is 4. The van der Waals surface area contributed by atoms with Crippen LogP contribution in [-0.2, 0) is 0 Å². The summed E-state index contributed by atoms with van der Waals surface area (Å²) in [5, 5.41) is 10.2. The summed E-state index contributed by atoms with van der Waals surface area (Å²) in [7, 11) is 1.40. The first kappa shape index (κ1) is 16.4. The van der Waals surface area contributed by atoms with Crippen molar-refractivity contribution in [2.24, 2.45) is 0 Å². The zero-order valence-corrected chi connectivity index (χ0v) is 14.1. The van der Waals surface area contributed by atoms with Crippen molar-refractivity contribution < 1.29 is 29.0 Å². The number of hydrogen-bond acceptors (Lipinski definition) is 6. The summed E-state index contributed by atoms with van der Waals surface area (Å²) in [5.74, 6) is -1.84. The summed E-state index contributed by atoms with van der Waals surface area (Å²) >= 11 is 0. The number of rotatable bonds is 1. The molecule has 6 heteroatoms. The molecule has 0 spiro atoms. The van der Waals surface area contributed by atoms with Crippen LogP contribution in [-0.4, -0.2) is 41.0 Å². The van der Waals surface area contributed by atoms with Gasteiger partial charge in [-0.3, -0.25) is 19.2 Å². The van der Waals surface area contributed by atoms with Crippen LogP contribution in [0.5, 0.6) is 5.75 Å². The fourth-order valence-corrected chi connectivity index (χ4v) is 3.67. The lowest BCUT2D eigenvalue weighted by molar-refractivity contribution is 0.0326. The molecule has 0 aliphatic heterocycles. The molecular formula is C20H14O6. The van der Waals surface area contributed by atoms with Crippen molar-refractivity contribution in [1.29, 1.82) is 0 Å². The van der Waals surface area contributed by atoms with E-state index in [-0.39, 0.29) is 39.1 Å². The average Bonchev–Trinajstić information content (AvgIpc) is 2.62. The van der Waals surface area contributed by atoms with E-state index in [1.165, 1.54) is 32.2 Å². The molecule has 130 valence electrons. The van der Waals surface area contributed by atoms with Crippen LogP contribution in [0.2, 0.25) is 0 Å². The lowest BCUT2D eigenvalue weighted by atomic mass is 9.73. The maximum atomic E-state index is 13.1. The summed E-state index contributed by atoms with van der Waals surface area (Å²) in [6.07, 6.45) is -0.429. The van der Waals surface area contributed by atoms with Crippen molar-refractivity contribution >= 4 is 23.1 Å². The molecule has 0 saturated heterocycles. The Bertz CT molecular complexity index is 1040. The first-order chi connectivity index (χ1) is 12.3. The van der Waals surface area contributed by atoms with Gasteiger partial charge in [0.05, 0.1) is 12.7 Å². The standard InChI is InChI=1S/C20H14O6/c1-20(25)8-12(21)14-11(19(20)24)7-6-10-16(14)18(23)9-4-3-5-13(26-2)15(9)17(10)22/h3-7,25H,8H2,1-2H3. The molecule has 1 N–H and O–H groups in total. The lowest BCUT2D eigenvalue weighted by Gasteiger charge is -2.30. The molecule has 0 radical (unpaired) electrons. The van der Waals surface area contributed by atoms with E-state index in [0.717, 1.165) is 0 Å². The minimum Gasteiger partial charge on any atom is -0.496 e. The highest BCUT2D eigenvalue weighted by Gasteiger charge is 2.45. The average molecular weight is 350 g/mol. The van der Waals surface area contributed by atoms with Crippen molar-refractivity contribution in [1.82, 2.24) is 0 Å². The number of fused-ring (bicyclic) bond motifs is 4. The van der Waals surface area contributed by atoms with Gasteiger partial charge in [0.15, 0.2) is 23.1 Å². The van der Waals surface area contributed by atoms with Crippen LogP contribution >= 0.6 is 0 Å². The molecule has 2 aliphatic carbocycles. The molecule has 1 unspecified atom stereocenters. The van der Waals surface area contributed by atoms with E-state index in [1.807, 2.05) is 0 Å². The maximum absolute atomic E-state index is 13.1. The Hall–Kier alpha value is -3.12. The highest BCUT2D eigenvalue weighted by molar-refractivity contribution is 6.33. The molecule has 2 aliphatic rings. The molecule has 0 aromatic heterocycles. The van der Waals surface area contributed by atoms with Crippen LogP contribution in [0.3, 0.4) is 0 Å². The molecule has 4 rings (SSSR count). The van der Waals surface area contributed by atoms with Gasteiger partial charge in [-0.15, -0.1) is 0 Å². The number of Topliss-reactive ketones (excluding diaryl/α,β-unsaturated/α-hetero) is 2. The first-order valence-corrected chi connectivity index (χ1v) is 8.01. The Balaban J connectivity index is 2.04. The van der Waals surface area contributed by atoms with Gasteiger partial charge in [0.1, 0.15) is 11.4 Å². The summed E-state index contributed by atoms with van der Waals surface area (Å²) in [6.45, 7) is 1.27. The molecule has 2 aromatic carbocycles. The van der Waals surface area contributed by atoms with Gasteiger partial charge in [-0.1, -0.05) is 12.1 Å². The van der Waals surface area contributed by atoms with Crippen molar-refractivity contribution in [2.45, 2.75) is 18.9 Å². The van der Waals surface area contributed by atoms with Crippen molar-refractivity contribution in [3.05, 3.63) is 63.7 Å². The SMILES string of the molecule is COc1cccc2c1C(=O)c1ccc3c(c1C2=O)C(=O)CC(C)(O)C3=O. The number of ketones is 4. The third kappa shape index (κ3) is 1.96. The second-order valence-electron chi connectivity index (χ2n) is 6.65. The Morgan fingerprint density at radius 3 is 2.19 bits per heavy atom. The lowest BCUT2D eigenvalue weighted by Crippen LogP contribution is -2.43. The maximum Gasteiger partial charge on any atom is 0.198 e. The minimum atomic E-state index is -1.82. The fraction of sp³-hybridized carbons (Fsp3) is 0.200. The van der Waals surface area contributed by atoms with Crippen molar-refractivity contribution in [3.8, 4) is 5.75 Å². The van der Waals surface area contributed by atoms with Crippen LogP contribution in [0, 0.1) is 0 Å². The number of carbonyl (C=O) groups excluding carboxylic acids is 4. The summed E-state index contributed by atoms with van der Waals surface area (Å²) in [6, 6.07) is 7.34. The number of hydrogen-bond donors (Lipinski definition) is 1. The van der Waals surface area contributed by atoms with Gasteiger partial charge < -0.3 is 9.84 Å². The molecule has 0 fully saturated rings. The third-order valence-corrected chi connectivity index (χ3v) is 4.91. The Morgan fingerprint density at radius 1 is 0.885 bits per heavy atom. The second kappa shape index (κ2) is 5.19. The molecule has 0 bridgehead atoms. The Morgan fingerprint density at radius 2 is 1.50 bits per heavy atom. The van der Waals surface area contributed by atoms with E-state index in [2.05, 4.69) is 0 Å². The Kier molecular flexibility index (Phi) is 3.26. The van der Waals surface area contributed by atoms with Gasteiger partial charge >= 0.3 is 0 Å². The quantitative estimate of drug-likeness (QED) is 0.721. The summed E-state index contributed by atoms with van der Waals surface area (Å²) in [5.41, 5.74) is -1.65. The predicted octanol–water partition coefficient (Wildman–Crippen LogP) is 1.99. The van der Waals surface area contributed by atoms with Crippen molar-refractivity contribution in [3.63, 3.8) is 0 Å². The largest absolute Gasteiger partial charge is 0.496 e. The van der Waals surface area contributed by atoms with Crippen LogP contribution in [0.1, 0.15) is 65.9 Å². The zero-order valence-electron chi connectivity index (χ0n) is 14.1. The topological polar surface area (TPSA) is 97.7 Å². The summed E-state index contributed by atoms with van der Waals surface area (Å²) in [4.78, 5) is 51.1. The fourth-order valence-electron chi connectivity index (χ4n) is 3.67. The smallest absolute Gasteiger partial charge is 0.198 e. The second-order valence-corrected chi connectivity index (χ2v) is 6.65. The van der Waals surface area contributed by atoms with Gasteiger partial charge in [-0.25, -0.2) is 0 Å². The molecule has 0 amide bonds. The van der Waals surface area contributed by atoms with Gasteiger partial charge in [0.25, 0.3) is 0 Å². The van der Waals surface area contributed by atoms with E-state index in [4.69, 9.17) is 4.74 Å². The van der Waals surface area contributed by atoms with E-state index < -0.39 is 35.2 Å². The predicted molar refractivity (Wildman–Crippen MR) is 90.2 cm³/mol. The number of methoxy groups -OCH3 is 1. The van der Waals surface area contributed by atoms with Gasteiger partial charge in [-0.05, 0) is 25.1 Å². The van der Waals surface area contributed by atoms with Gasteiger partial charge in [0.2, 0.25) is 0 Å².